The third-order valence-corrected chi connectivity index (χ3v) is 4.77. The number of carbonyl (C=O) groups excluding carboxylic acids is 2. The maximum absolute atomic E-state index is 13.1. The van der Waals surface area contributed by atoms with Crippen molar-refractivity contribution in [1.82, 2.24) is 20.4 Å². The number of benzene rings is 2. The largest absolute Gasteiger partial charge is 0.464 e. The Hall–Kier alpha value is -3.94. The number of hydrogen-bond donors (Lipinski definition) is 2. The van der Waals surface area contributed by atoms with Gasteiger partial charge in [-0.3, -0.25) is 25.0 Å². The molecule has 2 amide bonds. The fraction of sp³-hybridized carbons (Fsp3) is 0.136. The van der Waals surface area contributed by atoms with Crippen LogP contribution in [0, 0.1) is 5.82 Å². The monoisotopic (exact) mass is 406 g/mol. The zero-order valence-corrected chi connectivity index (χ0v) is 16.2. The standard InChI is InChI=1S/C22H19FN4O3/c1-2-14-3-8-18-15(12-30-20(18)9-14)10-21(28)25-26-22(29)19-11-24-13-27(19)17-6-4-16(23)5-7-17/h3-9,11-13H,2,10H2,1H3,(H,25,28)(H,26,29). The van der Waals surface area contributed by atoms with Gasteiger partial charge in [0.25, 0.3) is 5.91 Å². The third kappa shape index (κ3) is 3.93. The number of halogens is 1. The first-order chi connectivity index (χ1) is 14.5. The molecule has 152 valence electrons. The van der Waals surface area contributed by atoms with Gasteiger partial charge in [-0.15, -0.1) is 0 Å². The average Bonchev–Trinajstić information content (AvgIpc) is 3.40. The molecule has 0 saturated heterocycles. The lowest BCUT2D eigenvalue weighted by Gasteiger charge is -2.10. The Kier molecular flexibility index (Phi) is 5.30. The summed E-state index contributed by atoms with van der Waals surface area (Å²) in [6.07, 6.45) is 5.30. The highest BCUT2D eigenvalue weighted by atomic mass is 19.1. The van der Waals surface area contributed by atoms with E-state index in [1.807, 2.05) is 18.2 Å². The number of fused-ring (bicyclic) bond motifs is 1. The second-order valence-corrected chi connectivity index (χ2v) is 6.75. The van der Waals surface area contributed by atoms with Crippen LogP contribution in [-0.2, 0) is 17.6 Å². The minimum Gasteiger partial charge on any atom is -0.464 e. The van der Waals surface area contributed by atoms with Crippen molar-refractivity contribution >= 4 is 22.8 Å². The highest BCUT2D eigenvalue weighted by Gasteiger charge is 2.15. The van der Waals surface area contributed by atoms with Crippen LogP contribution in [0.1, 0.15) is 28.5 Å². The maximum atomic E-state index is 13.1. The number of furan rings is 1. The molecule has 0 aliphatic carbocycles. The molecule has 0 aliphatic rings. The summed E-state index contributed by atoms with van der Waals surface area (Å²) in [5.41, 5.74) is 8.16. The van der Waals surface area contributed by atoms with Gasteiger partial charge in [0.05, 0.1) is 25.2 Å². The number of aromatic nitrogens is 2. The van der Waals surface area contributed by atoms with Gasteiger partial charge in [0.15, 0.2) is 0 Å². The van der Waals surface area contributed by atoms with Crippen LogP contribution in [0.3, 0.4) is 0 Å². The lowest BCUT2D eigenvalue weighted by molar-refractivity contribution is -0.121. The van der Waals surface area contributed by atoms with E-state index in [1.54, 1.807) is 6.26 Å². The molecule has 0 radical (unpaired) electrons. The van der Waals surface area contributed by atoms with Crippen molar-refractivity contribution in [1.29, 1.82) is 0 Å². The minimum absolute atomic E-state index is 0.0516. The number of nitrogens with one attached hydrogen (secondary N) is 2. The smallest absolute Gasteiger partial charge is 0.288 e. The van der Waals surface area contributed by atoms with E-state index < -0.39 is 11.8 Å². The summed E-state index contributed by atoms with van der Waals surface area (Å²) < 4.78 is 20.2. The molecule has 0 fully saturated rings. The summed E-state index contributed by atoms with van der Waals surface area (Å²) in [4.78, 5) is 28.8. The van der Waals surface area contributed by atoms with Crippen molar-refractivity contribution in [2.45, 2.75) is 19.8 Å². The summed E-state index contributed by atoms with van der Waals surface area (Å²) in [5.74, 6) is -1.32. The number of amides is 2. The van der Waals surface area contributed by atoms with E-state index in [0.29, 0.717) is 5.69 Å². The molecule has 2 N–H and O–H groups in total. The summed E-state index contributed by atoms with van der Waals surface area (Å²) in [6.45, 7) is 2.06. The number of aryl methyl sites for hydroxylation is 1. The highest BCUT2D eigenvalue weighted by Crippen LogP contribution is 2.23. The highest BCUT2D eigenvalue weighted by molar-refractivity contribution is 5.95. The first kappa shape index (κ1) is 19.4. The quantitative estimate of drug-likeness (QED) is 0.498. The Balaban J connectivity index is 1.41. The SMILES string of the molecule is CCc1ccc2c(CC(=O)NNC(=O)c3cncn3-c3ccc(F)cc3)coc2c1. The fourth-order valence-corrected chi connectivity index (χ4v) is 3.16. The predicted molar refractivity (Wildman–Crippen MR) is 108 cm³/mol. The minimum atomic E-state index is -0.546. The lowest BCUT2D eigenvalue weighted by atomic mass is 10.1. The molecule has 2 heterocycles. The van der Waals surface area contributed by atoms with Gasteiger partial charge in [0, 0.05) is 16.6 Å². The molecular weight excluding hydrogens is 387 g/mol. The van der Waals surface area contributed by atoms with Gasteiger partial charge in [-0.05, 0) is 42.3 Å². The van der Waals surface area contributed by atoms with Gasteiger partial charge in [-0.1, -0.05) is 19.1 Å². The van der Waals surface area contributed by atoms with Crippen LogP contribution in [-0.4, -0.2) is 21.4 Å². The van der Waals surface area contributed by atoms with Crippen LogP contribution >= 0.6 is 0 Å². The van der Waals surface area contributed by atoms with Crippen LogP contribution in [0.2, 0.25) is 0 Å². The van der Waals surface area contributed by atoms with E-state index in [-0.39, 0.29) is 17.9 Å². The van der Waals surface area contributed by atoms with Gasteiger partial charge in [0.2, 0.25) is 5.91 Å². The topological polar surface area (TPSA) is 89.2 Å². The second kappa shape index (κ2) is 8.20. The zero-order chi connectivity index (χ0) is 21.1. The molecule has 0 bridgehead atoms. The molecule has 7 nitrogen and oxygen atoms in total. The van der Waals surface area contributed by atoms with Crippen molar-refractivity contribution in [3.63, 3.8) is 0 Å². The summed E-state index contributed by atoms with van der Waals surface area (Å²) >= 11 is 0. The Morgan fingerprint density at radius 1 is 1.13 bits per heavy atom. The van der Waals surface area contributed by atoms with E-state index in [9.17, 15) is 14.0 Å². The zero-order valence-electron chi connectivity index (χ0n) is 16.2. The van der Waals surface area contributed by atoms with E-state index in [1.165, 1.54) is 41.4 Å². The molecule has 0 spiro atoms. The van der Waals surface area contributed by atoms with Crippen molar-refractivity contribution in [3.05, 3.63) is 83.9 Å². The first-order valence-electron chi connectivity index (χ1n) is 9.41. The van der Waals surface area contributed by atoms with Crippen molar-refractivity contribution < 1.29 is 18.4 Å². The molecule has 8 heteroatoms. The van der Waals surface area contributed by atoms with E-state index in [4.69, 9.17) is 4.42 Å². The van der Waals surface area contributed by atoms with Crippen LogP contribution in [0.15, 0.2) is 65.7 Å². The summed E-state index contributed by atoms with van der Waals surface area (Å²) in [6, 6.07) is 11.5. The number of hydrogen-bond acceptors (Lipinski definition) is 4. The molecule has 2 aromatic heterocycles. The Bertz CT molecular complexity index is 1210. The van der Waals surface area contributed by atoms with Gasteiger partial charge in [-0.2, -0.15) is 0 Å². The summed E-state index contributed by atoms with van der Waals surface area (Å²) in [5, 5.41) is 0.864. The predicted octanol–water partition coefficient (Wildman–Crippen LogP) is 3.32. The Morgan fingerprint density at radius 3 is 2.70 bits per heavy atom. The van der Waals surface area contributed by atoms with E-state index in [2.05, 4.69) is 22.8 Å². The van der Waals surface area contributed by atoms with E-state index in [0.717, 1.165) is 28.5 Å². The average molecular weight is 406 g/mol. The van der Waals surface area contributed by atoms with Gasteiger partial charge in [-0.25, -0.2) is 9.37 Å². The molecular formula is C22H19FN4O3. The Morgan fingerprint density at radius 2 is 1.93 bits per heavy atom. The summed E-state index contributed by atoms with van der Waals surface area (Å²) in [7, 11) is 0. The lowest BCUT2D eigenvalue weighted by Crippen LogP contribution is -2.43. The molecule has 0 aliphatic heterocycles. The molecule has 0 atom stereocenters. The molecule has 30 heavy (non-hydrogen) atoms. The number of hydrazine groups is 1. The molecule has 4 rings (SSSR count). The van der Waals surface area contributed by atoms with Gasteiger partial charge in [0.1, 0.15) is 17.1 Å². The number of carbonyl (C=O) groups is 2. The number of imidazole rings is 1. The fourth-order valence-electron chi connectivity index (χ4n) is 3.16. The van der Waals surface area contributed by atoms with Crippen molar-refractivity contribution in [3.8, 4) is 5.69 Å². The Labute approximate surface area is 171 Å². The molecule has 4 aromatic rings. The number of rotatable bonds is 5. The van der Waals surface area contributed by atoms with Crippen LogP contribution in [0.5, 0.6) is 0 Å². The maximum Gasteiger partial charge on any atom is 0.288 e. The van der Waals surface area contributed by atoms with Crippen LogP contribution in [0.4, 0.5) is 4.39 Å². The third-order valence-electron chi connectivity index (χ3n) is 4.77. The van der Waals surface area contributed by atoms with Gasteiger partial charge < -0.3 is 4.42 Å². The van der Waals surface area contributed by atoms with Crippen molar-refractivity contribution in [2.75, 3.05) is 0 Å². The van der Waals surface area contributed by atoms with Gasteiger partial charge >= 0.3 is 0 Å². The van der Waals surface area contributed by atoms with Crippen molar-refractivity contribution in [2.24, 2.45) is 0 Å². The number of nitrogens with zero attached hydrogens (tertiary/aromatic N) is 2. The van der Waals surface area contributed by atoms with E-state index >= 15 is 0 Å². The normalized spacial score (nSPS) is 10.9. The molecule has 2 aromatic carbocycles. The van der Waals surface area contributed by atoms with Crippen LogP contribution in [0.25, 0.3) is 16.7 Å². The van der Waals surface area contributed by atoms with Crippen LogP contribution < -0.4 is 10.9 Å². The first-order valence-corrected chi connectivity index (χ1v) is 9.41. The second-order valence-electron chi connectivity index (χ2n) is 6.75. The molecule has 0 saturated carbocycles. The molecule has 0 unspecified atom stereocenters.